The van der Waals surface area contributed by atoms with Crippen molar-refractivity contribution >= 4 is 34.9 Å². The molecule has 1 saturated heterocycles. The van der Waals surface area contributed by atoms with E-state index in [9.17, 15) is 19.2 Å². The fourth-order valence-electron chi connectivity index (χ4n) is 3.14. The molecule has 1 atom stereocenters. The molecule has 1 aliphatic heterocycles. The lowest BCUT2D eigenvalue weighted by molar-refractivity contribution is -0.122. The maximum absolute atomic E-state index is 12.6. The van der Waals surface area contributed by atoms with Gasteiger partial charge in [-0.05, 0) is 43.3 Å². The average Bonchev–Trinajstić information content (AvgIpc) is 3.09. The predicted octanol–water partition coefficient (Wildman–Crippen LogP) is 2.67. The Kier molecular flexibility index (Phi) is 5.54. The predicted molar refractivity (Wildman–Crippen MR) is 103 cm³/mol. The van der Waals surface area contributed by atoms with E-state index in [-0.39, 0.29) is 36.1 Å². The monoisotopic (exact) mass is 380 g/mol. The minimum Gasteiger partial charge on any atom is -0.465 e. The van der Waals surface area contributed by atoms with Gasteiger partial charge in [0.2, 0.25) is 11.8 Å². The zero-order valence-electron chi connectivity index (χ0n) is 15.6. The molecule has 1 fully saturated rings. The molecule has 1 N–H and O–H groups in total. The number of carbonyl (C=O) groups excluding carboxylic acids is 4. The van der Waals surface area contributed by atoms with Gasteiger partial charge < -0.3 is 15.0 Å². The molecule has 144 valence electrons. The number of carbonyl (C=O) groups is 4. The molecule has 2 aromatic carbocycles. The van der Waals surface area contributed by atoms with Gasteiger partial charge in [-0.3, -0.25) is 14.4 Å². The SMILES string of the molecule is COC(=O)c1ccccc1N1CC(C(=O)Nc2ccc(C(C)=O)cc2)CC1=O. The van der Waals surface area contributed by atoms with E-state index in [4.69, 9.17) is 4.74 Å². The molecule has 1 heterocycles. The number of ketones is 1. The van der Waals surface area contributed by atoms with Crippen LogP contribution in [0.4, 0.5) is 11.4 Å². The van der Waals surface area contributed by atoms with Gasteiger partial charge in [-0.25, -0.2) is 4.79 Å². The molecule has 0 aliphatic carbocycles. The summed E-state index contributed by atoms with van der Waals surface area (Å²) in [5.41, 5.74) is 1.81. The van der Waals surface area contributed by atoms with Crippen molar-refractivity contribution in [3.63, 3.8) is 0 Å². The van der Waals surface area contributed by atoms with Crippen molar-refractivity contribution in [2.75, 3.05) is 23.9 Å². The number of para-hydroxylation sites is 1. The van der Waals surface area contributed by atoms with Gasteiger partial charge in [0.25, 0.3) is 0 Å². The van der Waals surface area contributed by atoms with Crippen LogP contribution in [0.25, 0.3) is 0 Å². The van der Waals surface area contributed by atoms with E-state index in [0.29, 0.717) is 16.9 Å². The molecular weight excluding hydrogens is 360 g/mol. The first-order chi connectivity index (χ1) is 13.4. The second-order valence-corrected chi connectivity index (χ2v) is 6.54. The van der Waals surface area contributed by atoms with Gasteiger partial charge in [0.05, 0.1) is 24.3 Å². The van der Waals surface area contributed by atoms with Gasteiger partial charge in [0.1, 0.15) is 0 Å². The van der Waals surface area contributed by atoms with Crippen LogP contribution in [-0.4, -0.2) is 37.2 Å². The van der Waals surface area contributed by atoms with Gasteiger partial charge in [-0.1, -0.05) is 12.1 Å². The van der Waals surface area contributed by atoms with E-state index in [2.05, 4.69) is 5.32 Å². The number of hydrogen-bond acceptors (Lipinski definition) is 5. The van der Waals surface area contributed by atoms with Crippen LogP contribution in [0.2, 0.25) is 0 Å². The van der Waals surface area contributed by atoms with Crippen LogP contribution < -0.4 is 10.2 Å². The zero-order valence-corrected chi connectivity index (χ0v) is 15.6. The number of anilines is 2. The fourth-order valence-corrected chi connectivity index (χ4v) is 3.14. The Balaban J connectivity index is 1.73. The number of amides is 2. The lowest BCUT2D eigenvalue weighted by Crippen LogP contribution is -2.29. The fraction of sp³-hybridized carbons (Fsp3) is 0.238. The van der Waals surface area contributed by atoms with E-state index >= 15 is 0 Å². The van der Waals surface area contributed by atoms with Crippen LogP contribution in [0.1, 0.15) is 34.1 Å². The highest BCUT2D eigenvalue weighted by molar-refractivity contribution is 6.07. The molecule has 0 radical (unpaired) electrons. The Bertz CT molecular complexity index is 936. The van der Waals surface area contributed by atoms with Crippen molar-refractivity contribution in [3.8, 4) is 0 Å². The molecule has 0 bridgehead atoms. The minimum atomic E-state index is -0.550. The average molecular weight is 380 g/mol. The topological polar surface area (TPSA) is 92.8 Å². The Morgan fingerprint density at radius 2 is 1.75 bits per heavy atom. The molecule has 0 aromatic heterocycles. The van der Waals surface area contributed by atoms with E-state index < -0.39 is 11.9 Å². The van der Waals surface area contributed by atoms with Gasteiger partial charge in [-0.15, -0.1) is 0 Å². The number of nitrogens with zero attached hydrogens (tertiary/aromatic N) is 1. The summed E-state index contributed by atoms with van der Waals surface area (Å²) in [4.78, 5) is 49.8. The van der Waals surface area contributed by atoms with Gasteiger partial charge in [0.15, 0.2) is 5.78 Å². The number of ether oxygens (including phenoxy) is 1. The highest BCUT2D eigenvalue weighted by Gasteiger charge is 2.36. The minimum absolute atomic E-state index is 0.0485. The molecule has 0 saturated carbocycles. The molecule has 1 unspecified atom stereocenters. The third-order valence-electron chi connectivity index (χ3n) is 4.65. The highest BCUT2D eigenvalue weighted by Crippen LogP contribution is 2.29. The van der Waals surface area contributed by atoms with Gasteiger partial charge >= 0.3 is 5.97 Å². The normalized spacial score (nSPS) is 16.0. The number of methoxy groups -OCH3 is 1. The smallest absolute Gasteiger partial charge is 0.339 e. The van der Waals surface area contributed by atoms with Crippen LogP contribution in [-0.2, 0) is 14.3 Å². The molecular formula is C21H20N2O5. The lowest BCUT2D eigenvalue weighted by Gasteiger charge is -2.19. The first-order valence-electron chi connectivity index (χ1n) is 8.80. The maximum Gasteiger partial charge on any atom is 0.339 e. The third-order valence-corrected chi connectivity index (χ3v) is 4.65. The quantitative estimate of drug-likeness (QED) is 0.636. The van der Waals surface area contributed by atoms with Crippen molar-refractivity contribution in [2.24, 2.45) is 5.92 Å². The molecule has 7 nitrogen and oxygen atoms in total. The second kappa shape index (κ2) is 8.04. The molecule has 0 spiro atoms. The van der Waals surface area contributed by atoms with Crippen LogP contribution in [0.3, 0.4) is 0 Å². The Hall–Kier alpha value is -3.48. The Labute approximate surface area is 162 Å². The summed E-state index contributed by atoms with van der Waals surface area (Å²) in [6, 6.07) is 13.2. The number of benzene rings is 2. The summed E-state index contributed by atoms with van der Waals surface area (Å²) in [6.07, 6.45) is 0.0485. The molecule has 2 amide bonds. The van der Waals surface area contributed by atoms with E-state index in [1.807, 2.05) is 0 Å². The summed E-state index contributed by atoms with van der Waals surface area (Å²) in [5.74, 6) is -1.67. The first kappa shape index (κ1) is 19.3. The Morgan fingerprint density at radius 1 is 1.07 bits per heavy atom. The summed E-state index contributed by atoms with van der Waals surface area (Å²) in [7, 11) is 1.28. The summed E-state index contributed by atoms with van der Waals surface area (Å²) >= 11 is 0. The molecule has 2 aromatic rings. The van der Waals surface area contributed by atoms with Crippen molar-refractivity contribution < 1.29 is 23.9 Å². The highest BCUT2D eigenvalue weighted by atomic mass is 16.5. The second-order valence-electron chi connectivity index (χ2n) is 6.54. The van der Waals surface area contributed by atoms with Crippen LogP contribution in [0.5, 0.6) is 0 Å². The summed E-state index contributed by atoms with van der Waals surface area (Å²) in [6.45, 7) is 1.64. The summed E-state index contributed by atoms with van der Waals surface area (Å²) in [5, 5.41) is 2.77. The lowest BCUT2D eigenvalue weighted by atomic mass is 10.1. The molecule has 7 heteroatoms. The standard InChI is InChI=1S/C21H20N2O5/c1-13(24)14-7-9-16(10-8-14)22-20(26)15-11-19(25)23(12-15)18-6-4-3-5-17(18)21(27)28-2/h3-10,15H,11-12H2,1-2H3,(H,22,26). The van der Waals surface area contributed by atoms with Crippen molar-refractivity contribution in [1.82, 2.24) is 0 Å². The number of rotatable bonds is 5. The number of hydrogen-bond donors (Lipinski definition) is 1. The molecule has 1 aliphatic rings. The zero-order chi connectivity index (χ0) is 20.3. The third kappa shape index (κ3) is 3.93. The van der Waals surface area contributed by atoms with Gasteiger partial charge in [-0.2, -0.15) is 0 Å². The molecule has 28 heavy (non-hydrogen) atoms. The van der Waals surface area contributed by atoms with Crippen LogP contribution in [0, 0.1) is 5.92 Å². The van der Waals surface area contributed by atoms with Crippen LogP contribution >= 0.6 is 0 Å². The molecule has 3 rings (SSSR count). The summed E-state index contributed by atoms with van der Waals surface area (Å²) < 4.78 is 4.77. The van der Waals surface area contributed by atoms with Crippen LogP contribution in [0.15, 0.2) is 48.5 Å². The van der Waals surface area contributed by atoms with Crippen molar-refractivity contribution in [2.45, 2.75) is 13.3 Å². The van der Waals surface area contributed by atoms with E-state index in [1.54, 1.807) is 48.5 Å². The largest absolute Gasteiger partial charge is 0.465 e. The van der Waals surface area contributed by atoms with Crippen molar-refractivity contribution in [1.29, 1.82) is 0 Å². The Morgan fingerprint density at radius 3 is 2.39 bits per heavy atom. The number of nitrogens with one attached hydrogen (secondary N) is 1. The van der Waals surface area contributed by atoms with Crippen molar-refractivity contribution in [3.05, 3.63) is 59.7 Å². The van der Waals surface area contributed by atoms with E-state index in [0.717, 1.165) is 0 Å². The number of esters is 1. The van der Waals surface area contributed by atoms with E-state index in [1.165, 1.54) is 18.9 Å². The number of Topliss-reactive ketones (excluding diaryl/α,β-unsaturated/α-hetero) is 1. The maximum atomic E-state index is 12.6. The van der Waals surface area contributed by atoms with Gasteiger partial charge in [0, 0.05) is 24.2 Å². The first-order valence-corrected chi connectivity index (χ1v) is 8.80.